The zero-order valence-electron chi connectivity index (χ0n) is 9.91. The minimum absolute atomic E-state index is 0.0898. The average Bonchev–Trinajstić information content (AvgIpc) is 2.67. The van der Waals surface area contributed by atoms with Crippen molar-refractivity contribution in [3.05, 3.63) is 38.8 Å². The minimum atomic E-state index is -0.249. The Bertz CT molecular complexity index is 680. The summed E-state index contributed by atoms with van der Waals surface area (Å²) in [6.45, 7) is 0. The molecule has 0 atom stereocenters. The zero-order chi connectivity index (χ0) is 14.0. The summed E-state index contributed by atoms with van der Waals surface area (Å²) in [7, 11) is 1.74. The van der Waals surface area contributed by atoms with Crippen LogP contribution >= 0.6 is 35.4 Å². The van der Waals surface area contributed by atoms with Crippen molar-refractivity contribution in [2.75, 3.05) is 5.32 Å². The number of carbonyl (C=O) groups excluding carboxylic acids is 1. The summed E-state index contributed by atoms with van der Waals surface area (Å²) in [4.78, 5) is 11.9. The van der Waals surface area contributed by atoms with Gasteiger partial charge in [-0.2, -0.15) is 5.10 Å². The van der Waals surface area contributed by atoms with Gasteiger partial charge in [-0.15, -0.1) is 0 Å². The molecule has 0 saturated carbocycles. The van der Waals surface area contributed by atoms with Gasteiger partial charge in [0.15, 0.2) is 4.77 Å². The number of halogens is 2. The van der Waals surface area contributed by atoms with Crippen LogP contribution in [0.5, 0.6) is 0 Å². The molecule has 0 spiro atoms. The number of aromatic amines is 1. The highest BCUT2D eigenvalue weighted by atomic mass is 35.5. The third-order valence-corrected chi connectivity index (χ3v) is 3.70. The van der Waals surface area contributed by atoms with Crippen LogP contribution in [0.25, 0.3) is 0 Å². The SMILES string of the molecule is Cn1c(CC(=O)Nc2cccc(Cl)c2Cl)n[nH]c1=S. The Balaban J connectivity index is 2.12. The maximum Gasteiger partial charge on any atom is 0.232 e. The number of hydrogen-bond acceptors (Lipinski definition) is 3. The molecule has 1 aromatic carbocycles. The van der Waals surface area contributed by atoms with Crippen LogP contribution in [-0.4, -0.2) is 20.7 Å². The van der Waals surface area contributed by atoms with Gasteiger partial charge in [-0.1, -0.05) is 29.3 Å². The van der Waals surface area contributed by atoms with Crippen molar-refractivity contribution in [3.63, 3.8) is 0 Å². The molecule has 8 heteroatoms. The van der Waals surface area contributed by atoms with Crippen molar-refractivity contribution < 1.29 is 4.79 Å². The number of rotatable bonds is 3. The Hall–Kier alpha value is -1.37. The van der Waals surface area contributed by atoms with Crippen molar-refractivity contribution >= 4 is 47.0 Å². The maximum atomic E-state index is 11.9. The summed E-state index contributed by atoms with van der Waals surface area (Å²) < 4.78 is 2.10. The first-order valence-corrected chi connectivity index (χ1v) is 6.49. The molecule has 0 saturated heterocycles. The van der Waals surface area contributed by atoms with Crippen molar-refractivity contribution in [1.29, 1.82) is 0 Å². The smallest absolute Gasteiger partial charge is 0.232 e. The normalized spacial score (nSPS) is 10.5. The molecule has 2 aromatic rings. The lowest BCUT2D eigenvalue weighted by atomic mass is 10.3. The van der Waals surface area contributed by atoms with E-state index in [9.17, 15) is 4.79 Å². The molecule has 1 amide bonds. The Morgan fingerprint density at radius 1 is 1.53 bits per heavy atom. The highest BCUT2D eigenvalue weighted by Gasteiger charge is 2.11. The Labute approximate surface area is 124 Å². The van der Waals surface area contributed by atoms with E-state index in [0.717, 1.165) is 0 Å². The molecular weight excluding hydrogens is 307 g/mol. The van der Waals surface area contributed by atoms with Gasteiger partial charge in [0, 0.05) is 7.05 Å². The zero-order valence-corrected chi connectivity index (χ0v) is 12.2. The highest BCUT2D eigenvalue weighted by Crippen LogP contribution is 2.29. The number of anilines is 1. The maximum absolute atomic E-state index is 11.9. The van der Waals surface area contributed by atoms with E-state index < -0.39 is 0 Å². The lowest BCUT2D eigenvalue weighted by molar-refractivity contribution is -0.115. The van der Waals surface area contributed by atoms with Crippen LogP contribution in [0.15, 0.2) is 18.2 Å². The molecule has 0 aliphatic heterocycles. The Kier molecular flexibility index (Phi) is 4.24. The second kappa shape index (κ2) is 5.73. The van der Waals surface area contributed by atoms with Crippen LogP contribution in [0, 0.1) is 4.77 Å². The summed E-state index contributed by atoms with van der Waals surface area (Å²) in [5, 5.41) is 9.96. The molecule has 2 N–H and O–H groups in total. The third-order valence-electron chi connectivity index (χ3n) is 2.52. The van der Waals surface area contributed by atoms with Crippen molar-refractivity contribution in [2.24, 2.45) is 7.05 Å². The van der Waals surface area contributed by atoms with Gasteiger partial charge in [0.05, 0.1) is 22.2 Å². The number of H-pyrrole nitrogens is 1. The number of amides is 1. The fourth-order valence-corrected chi connectivity index (χ4v) is 1.97. The molecule has 19 heavy (non-hydrogen) atoms. The first-order chi connectivity index (χ1) is 8.99. The first kappa shape index (κ1) is 14.0. The van der Waals surface area contributed by atoms with Gasteiger partial charge in [-0.3, -0.25) is 9.89 Å². The van der Waals surface area contributed by atoms with Crippen molar-refractivity contribution in [2.45, 2.75) is 6.42 Å². The van der Waals surface area contributed by atoms with Crippen LogP contribution in [0.2, 0.25) is 10.0 Å². The number of hydrogen-bond donors (Lipinski definition) is 2. The molecule has 1 heterocycles. The van der Waals surface area contributed by atoms with Gasteiger partial charge < -0.3 is 9.88 Å². The highest BCUT2D eigenvalue weighted by molar-refractivity contribution is 7.71. The predicted octanol–water partition coefficient (Wildman–Crippen LogP) is 2.97. The molecule has 0 aliphatic rings. The molecule has 0 unspecified atom stereocenters. The molecule has 0 aliphatic carbocycles. The lowest BCUT2D eigenvalue weighted by Gasteiger charge is -2.07. The standard InChI is InChI=1S/C11H10Cl2N4OS/c1-17-8(15-16-11(17)19)5-9(18)14-7-4-2-3-6(12)10(7)13/h2-4H,5H2,1H3,(H,14,18)(H,16,19). The summed E-state index contributed by atoms with van der Waals surface area (Å²) in [5.74, 6) is 0.293. The van der Waals surface area contributed by atoms with Crippen molar-refractivity contribution in [3.8, 4) is 0 Å². The van der Waals surface area contributed by atoms with Crippen molar-refractivity contribution in [1.82, 2.24) is 14.8 Å². The topological polar surface area (TPSA) is 62.7 Å². The van der Waals surface area contributed by atoms with Crippen LogP contribution in [0.1, 0.15) is 5.82 Å². The van der Waals surface area contributed by atoms with Crippen LogP contribution in [0.4, 0.5) is 5.69 Å². The molecule has 100 valence electrons. The van der Waals surface area contributed by atoms with Crippen LogP contribution < -0.4 is 5.32 Å². The van der Waals surface area contributed by atoms with E-state index in [1.807, 2.05) is 0 Å². The van der Waals surface area contributed by atoms with Gasteiger partial charge >= 0.3 is 0 Å². The number of nitrogens with zero attached hydrogens (tertiary/aromatic N) is 2. The van der Waals surface area contributed by atoms with Gasteiger partial charge in [0.1, 0.15) is 5.82 Å². The van der Waals surface area contributed by atoms with E-state index in [0.29, 0.717) is 26.3 Å². The molecule has 0 fully saturated rings. The number of carbonyl (C=O) groups is 1. The lowest BCUT2D eigenvalue weighted by Crippen LogP contribution is -2.17. The molecular formula is C11H10Cl2N4OS. The largest absolute Gasteiger partial charge is 0.324 e. The quantitative estimate of drug-likeness (QED) is 0.856. The van der Waals surface area contributed by atoms with Crippen LogP contribution in [-0.2, 0) is 18.3 Å². The number of aromatic nitrogens is 3. The van der Waals surface area contributed by atoms with Gasteiger partial charge in [-0.05, 0) is 24.4 Å². The number of nitrogens with one attached hydrogen (secondary N) is 2. The van der Waals surface area contributed by atoms with Gasteiger partial charge in [0.2, 0.25) is 5.91 Å². The molecule has 0 radical (unpaired) electrons. The molecule has 5 nitrogen and oxygen atoms in total. The van der Waals surface area contributed by atoms with Crippen LogP contribution in [0.3, 0.4) is 0 Å². The summed E-state index contributed by atoms with van der Waals surface area (Å²) in [6, 6.07) is 5.03. The van der Waals surface area contributed by atoms with E-state index in [1.54, 1.807) is 29.8 Å². The fraction of sp³-hybridized carbons (Fsp3) is 0.182. The van der Waals surface area contributed by atoms with Gasteiger partial charge in [0.25, 0.3) is 0 Å². The predicted molar refractivity (Wildman–Crippen MR) is 77.2 cm³/mol. The molecule has 0 bridgehead atoms. The second-order valence-corrected chi connectivity index (χ2v) is 5.00. The molecule has 2 rings (SSSR count). The number of benzene rings is 1. The van der Waals surface area contributed by atoms with E-state index >= 15 is 0 Å². The average molecular weight is 317 g/mol. The van der Waals surface area contributed by atoms with E-state index in [1.165, 1.54) is 0 Å². The summed E-state index contributed by atoms with van der Waals surface area (Å²) in [5.41, 5.74) is 0.468. The monoisotopic (exact) mass is 316 g/mol. The van der Waals surface area contributed by atoms with E-state index in [2.05, 4.69) is 15.5 Å². The third kappa shape index (κ3) is 3.15. The van der Waals surface area contributed by atoms with E-state index in [-0.39, 0.29) is 12.3 Å². The Morgan fingerprint density at radius 3 is 2.89 bits per heavy atom. The first-order valence-electron chi connectivity index (χ1n) is 5.33. The van der Waals surface area contributed by atoms with E-state index in [4.69, 9.17) is 35.4 Å². The Morgan fingerprint density at radius 2 is 2.26 bits per heavy atom. The summed E-state index contributed by atoms with van der Waals surface area (Å²) in [6.07, 6.45) is 0.0898. The fourth-order valence-electron chi connectivity index (χ4n) is 1.48. The minimum Gasteiger partial charge on any atom is -0.324 e. The summed E-state index contributed by atoms with van der Waals surface area (Å²) >= 11 is 16.8. The van der Waals surface area contributed by atoms with Gasteiger partial charge in [-0.25, -0.2) is 0 Å². The second-order valence-electron chi connectivity index (χ2n) is 3.83. The molecule has 1 aromatic heterocycles.